The van der Waals surface area contributed by atoms with E-state index in [1.165, 1.54) is 5.56 Å². The number of ether oxygens (including phenoxy) is 2. The highest BCUT2D eigenvalue weighted by atomic mass is 35.5. The molecule has 2 aromatic carbocycles. The number of hydrogen-bond donors (Lipinski definition) is 1. The Kier molecular flexibility index (Phi) is 7.60. The second-order valence-corrected chi connectivity index (χ2v) is 8.76. The van der Waals surface area contributed by atoms with Crippen LogP contribution in [0.1, 0.15) is 35.5 Å². The molecule has 7 heteroatoms. The Labute approximate surface area is 199 Å². The monoisotopic (exact) mass is 465 g/mol. The number of rotatable bonds is 7. The van der Waals surface area contributed by atoms with Gasteiger partial charge in [-0.3, -0.25) is 14.7 Å². The van der Waals surface area contributed by atoms with Crippen molar-refractivity contribution in [1.29, 1.82) is 0 Å². The van der Waals surface area contributed by atoms with Crippen LogP contribution in [0.3, 0.4) is 0 Å². The third-order valence-electron chi connectivity index (χ3n) is 5.41. The normalized spacial score (nSPS) is 18.6. The van der Waals surface area contributed by atoms with Crippen molar-refractivity contribution >= 4 is 23.2 Å². The molecule has 0 saturated carbocycles. The SMILES string of the molecule is CC1CN(Cc2ccc(C(=O)Nc3ccc(OCc4ccccn4)c(Cl)c3)cc2)CC(C)O1. The Balaban J connectivity index is 1.32. The van der Waals surface area contributed by atoms with Gasteiger partial charge in [0.15, 0.2) is 0 Å². The highest BCUT2D eigenvalue weighted by Crippen LogP contribution is 2.28. The molecule has 2 atom stereocenters. The minimum Gasteiger partial charge on any atom is -0.486 e. The van der Waals surface area contributed by atoms with Crippen LogP contribution in [0.2, 0.25) is 5.02 Å². The van der Waals surface area contributed by atoms with E-state index >= 15 is 0 Å². The third kappa shape index (κ3) is 6.54. The van der Waals surface area contributed by atoms with Crippen molar-refractivity contribution in [3.05, 3.63) is 88.7 Å². The molecule has 0 radical (unpaired) electrons. The Morgan fingerprint density at radius 2 is 1.88 bits per heavy atom. The Hall–Kier alpha value is -2.93. The van der Waals surface area contributed by atoms with Gasteiger partial charge in [0.05, 0.1) is 22.9 Å². The molecule has 172 valence electrons. The molecule has 2 heterocycles. The summed E-state index contributed by atoms with van der Waals surface area (Å²) in [7, 11) is 0. The molecule has 0 spiro atoms. The highest BCUT2D eigenvalue weighted by Gasteiger charge is 2.22. The second-order valence-electron chi connectivity index (χ2n) is 8.36. The number of pyridine rings is 1. The molecule has 1 saturated heterocycles. The van der Waals surface area contributed by atoms with E-state index < -0.39 is 0 Å². The second kappa shape index (κ2) is 10.8. The lowest BCUT2D eigenvalue weighted by Crippen LogP contribution is -2.44. The Bertz CT molecular complexity index is 1070. The van der Waals surface area contributed by atoms with Crippen LogP contribution in [0.5, 0.6) is 5.75 Å². The predicted molar refractivity (Wildman–Crippen MR) is 130 cm³/mol. The summed E-state index contributed by atoms with van der Waals surface area (Å²) in [6, 6.07) is 18.5. The van der Waals surface area contributed by atoms with Crippen molar-refractivity contribution in [2.75, 3.05) is 18.4 Å². The molecule has 33 heavy (non-hydrogen) atoms. The number of halogens is 1. The minimum atomic E-state index is -0.187. The van der Waals surface area contributed by atoms with E-state index in [0.29, 0.717) is 28.6 Å². The number of aromatic nitrogens is 1. The van der Waals surface area contributed by atoms with Crippen molar-refractivity contribution in [3.63, 3.8) is 0 Å². The van der Waals surface area contributed by atoms with Crippen molar-refractivity contribution in [3.8, 4) is 5.75 Å². The molecule has 1 aromatic heterocycles. The van der Waals surface area contributed by atoms with Crippen LogP contribution >= 0.6 is 11.6 Å². The van der Waals surface area contributed by atoms with Crippen LogP contribution < -0.4 is 10.1 Å². The number of hydrogen-bond acceptors (Lipinski definition) is 5. The summed E-state index contributed by atoms with van der Waals surface area (Å²) in [6.07, 6.45) is 2.18. The fourth-order valence-electron chi connectivity index (χ4n) is 3.97. The molecule has 1 fully saturated rings. The first-order chi connectivity index (χ1) is 16.0. The van der Waals surface area contributed by atoms with Crippen LogP contribution in [0.15, 0.2) is 66.9 Å². The average molecular weight is 466 g/mol. The minimum absolute atomic E-state index is 0.187. The van der Waals surface area contributed by atoms with Gasteiger partial charge in [-0.25, -0.2) is 0 Å². The maximum atomic E-state index is 12.7. The molecular formula is C26H28ClN3O3. The van der Waals surface area contributed by atoms with E-state index in [9.17, 15) is 4.79 Å². The molecule has 4 rings (SSSR count). The van der Waals surface area contributed by atoms with E-state index in [0.717, 1.165) is 25.3 Å². The lowest BCUT2D eigenvalue weighted by Gasteiger charge is -2.35. The molecule has 1 aliphatic heterocycles. The van der Waals surface area contributed by atoms with Gasteiger partial charge in [0.25, 0.3) is 5.91 Å². The maximum absolute atomic E-state index is 12.7. The first-order valence-electron chi connectivity index (χ1n) is 11.1. The number of morpholine rings is 1. The summed E-state index contributed by atoms with van der Waals surface area (Å²) in [4.78, 5) is 19.3. The summed E-state index contributed by atoms with van der Waals surface area (Å²) in [5, 5.41) is 3.32. The van der Waals surface area contributed by atoms with Gasteiger partial charge in [0, 0.05) is 37.1 Å². The molecule has 0 bridgehead atoms. The van der Waals surface area contributed by atoms with E-state index in [1.807, 2.05) is 42.5 Å². The topological polar surface area (TPSA) is 63.7 Å². The molecule has 1 aliphatic rings. The summed E-state index contributed by atoms with van der Waals surface area (Å²) < 4.78 is 11.5. The first-order valence-corrected chi connectivity index (χ1v) is 11.4. The zero-order valence-corrected chi connectivity index (χ0v) is 19.6. The average Bonchev–Trinajstić information content (AvgIpc) is 2.79. The number of benzene rings is 2. The zero-order chi connectivity index (χ0) is 23.2. The highest BCUT2D eigenvalue weighted by molar-refractivity contribution is 6.32. The number of amides is 1. The molecule has 1 N–H and O–H groups in total. The van der Waals surface area contributed by atoms with Gasteiger partial charge < -0.3 is 14.8 Å². The van der Waals surface area contributed by atoms with Crippen LogP contribution in [0, 0.1) is 0 Å². The molecule has 2 unspecified atom stereocenters. The summed E-state index contributed by atoms with van der Waals surface area (Å²) >= 11 is 6.35. The molecular weight excluding hydrogens is 438 g/mol. The van der Waals surface area contributed by atoms with Gasteiger partial charge >= 0.3 is 0 Å². The van der Waals surface area contributed by atoms with E-state index in [-0.39, 0.29) is 18.1 Å². The molecule has 0 aliphatic carbocycles. The van der Waals surface area contributed by atoms with Crippen molar-refractivity contribution < 1.29 is 14.3 Å². The van der Waals surface area contributed by atoms with Crippen molar-refractivity contribution in [1.82, 2.24) is 9.88 Å². The lowest BCUT2D eigenvalue weighted by atomic mass is 10.1. The molecule has 1 amide bonds. The van der Waals surface area contributed by atoms with Gasteiger partial charge in [-0.2, -0.15) is 0 Å². The zero-order valence-electron chi connectivity index (χ0n) is 18.8. The lowest BCUT2D eigenvalue weighted by molar-refractivity contribution is -0.0704. The van der Waals surface area contributed by atoms with Gasteiger partial charge in [-0.15, -0.1) is 0 Å². The molecule has 6 nitrogen and oxygen atoms in total. The number of carbonyl (C=O) groups excluding carboxylic acids is 1. The summed E-state index contributed by atoms with van der Waals surface area (Å²) in [5.74, 6) is 0.352. The van der Waals surface area contributed by atoms with Crippen LogP contribution in [0.25, 0.3) is 0 Å². The van der Waals surface area contributed by atoms with E-state index in [4.69, 9.17) is 21.1 Å². The number of nitrogens with one attached hydrogen (secondary N) is 1. The van der Waals surface area contributed by atoms with Crippen molar-refractivity contribution in [2.45, 2.75) is 39.2 Å². The quantitative estimate of drug-likeness (QED) is 0.521. The van der Waals surface area contributed by atoms with Crippen molar-refractivity contribution in [2.24, 2.45) is 0 Å². The molecule has 3 aromatic rings. The van der Waals surface area contributed by atoms with Gasteiger partial charge in [0.2, 0.25) is 0 Å². The largest absolute Gasteiger partial charge is 0.486 e. The van der Waals surface area contributed by atoms with E-state index in [1.54, 1.807) is 24.4 Å². The van der Waals surface area contributed by atoms with Crippen LogP contribution in [0.4, 0.5) is 5.69 Å². The number of nitrogens with zero attached hydrogens (tertiary/aromatic N) is 2. The smallest absolute Gasteiger partial charge is 0.255 e. The van der Waals surface area contributed by atoms with Gasteiger partial charge in [-0.1, -0.05) is 29.8 Å². The fraction of sp³-hybridized carbons (Fsp3) is 0.308. The predicted octanol–water partition coefficient (Wildman–Crippen LogP) is 5.18. The first kappa shape index (κ1) is 23.2. The summed E-state index contributed by atoms with van der Waals surface area (Å²) in [6.45, 7) is 7.18. The Morgan fingerprint density at radius 1 is 1.12 bits per heavy atom. The Morgan fingerprint density at radius 3 is 2.55 bits per heavy atom. The fourth-order valence-corrected chi connectivity index (χ4v) is 4.20. The standard InChI is InChI=1S/C26H28ClN3O3/c1-18-14-30(15-19(2)33-18)16-20-6-8-21(9-7-20)26(31)29-22-10-11-25(24(27)13-22)32-17-23-5-3-4-12-28-23/h3-13,18-19H,14-17H2,1-2H3,(H,29,31). The number of carbonyl (C=O) groups is 1. The van der Waals surface area contributed by atoms with Gasteiger partial charge in [-0.05, 0) is 61.9 Å². The number of anilines is 1. The van der Waals surface area contributed by atoms with Crippen LogP contribution in [-0.4, -0.2) is 41.1 Å². The van der Waals surface area contributed by atoms with Crippen LogP contribution in [-0.2, 0) is 17.9 Å². The summed E-state index contributed by atoms with van der Waals surface area (Å²) in [5.41, 5.74) is 3.18. The maximum Gasteiger partial charge on any atom is 0.255 e. The third-order valence-corrected chi connectivity index (χ3v) is 5.70. The van der Waals surface area contributed by atoms with Gasteiger partial charge in [0.1, 0.15) is 12.4 Å². The van der Waals surface area contributed by atoms with E-state index in [2.05, 4.69) is 29.0 Å².